The minimum Gasteiger partial charge on any atom is -0.266 e. The predicted molar refractivity (Wildman–Crippen MR) is 105 cm³/mol. The van der Waals surface area contributed by atoms with Crippen molar-refractivity contribution < 1.29 is 0 Å². The van der Waals surface area contributed by atoms with Crippen LogP contribution in [0, 0.1) is 0 Å². The minimum atomic E-state index is -0.129. The Morgan fingerprint density at radius 1 is 1.12 bits per heavy atom. The van der Waals surface area contributed by atoms with Crippen molar-refractivity contribution >= 4 is 38.3 Å². The molecule has 0 saturated heterocycles. The third-order valence-corrected chi connectivity index (χ3v) is 5.46. The van der Waals surface area contributed by atoms with Crippen LogP contribution in [0.3, 0.4) is 0 Å². The van der Waals surface area contributed by atoms with Crippen LogP contribution in [0.5, 0.6) is 0 Å². The second-order valence-corrected chi connectivity index (χ2v) is 7.57. The number of aryl methyl sites for hydroxylation is 1. The molecule has 0 amide bonds. The van der Waals surface area contributed by atoms with Gasteiger partial charge in [-0.3, -0.25) is 4.79 Å². The molecule has 0 spiro atoms. The first-order valence-electron chi connectivity index (χ1n) is 7.90. The molecule has 25 heavy (non-hydrogen) atoms. The summed E-state index contributed by atoms with van der Waals surface area (Å²) in [5, 5.41) is 4.37. The molecule has 0 aliphatic rings. The molecule has 0 bridgehead atoms. The van der Waals surface area contributed by atoms with E-state index in [0.717, 1.165) is 22.0 Å². The fourth-order valence-electron chi connectivity index (χ4n) is 2.56. The van der Waals surface area contributed by atoms with Crippen LogP contribution in [-0.2, 0) is 6.42 Å². The molecule has 0 fully saturated rings. The smallest absolute Gasteiger partial charge is 0.266 e. The molecule has 2 aromatic heterocycles. The van der Waals surface area contributed by atoms with Crippen LogP contribution in [0.15, 0.2) is 57.8 Å². The predicted octanol–water partition coefficient (Wildman–Crippen LogP) is 3.69. The molecule has 0 saturated carbocycles. The Balaban J connectivity index is 1.76. The molecule has 6 heteroatoms. The summed E-state index contributed by atoms with van der Waals surface area (Å²) in [6.45, 7) is 2.12. The van der Waals surface area contributed by atoms with E-state index in [2.05, 4.69) is 45.1 Å². The van der Waals surface area contributed by atoms with Gasteiger partial charge in [-0.25, -0.2) is 0 Å². The number of hydrogen-bond donors (Lipinski definition) is 0. The molecule has 4 nitrogen and oxygen atoms in total. The van der Waals surface area contributed by atoms with Gasteiger partial charge in [-0.05, 0) is 35.8 Å². The van der Waals surface area contributed by atoms with Crippen LogP contribution < -0.4 is 10.1 Å². The Kier molecular flexibility index (Phi) is 4.23. The van der Waals surface area contributed by atoms with E-state index in [4.69, 9.17) is 0 Å². The van der Waals surface area contributed by atoms with E-state index in [-0.39, 0.29) is 5.56 Å². The number of aromatic nitrogens is 3. The standard InChI is InChI=1S/C19H14BrN3OS/c1-2-12-3-5-13(6-4-12)11-16-18(24)23-19(25-16)21-17(22-23)14-7-9-15(20)10-8-14/h3-11H,2H2,1H3. The molecule has 0 N–H and O–H groups in total. The van der Waals surface area contributed by atoms with Crippen LogP contribution in [0.1, 0.15) is 18.1 Å². The lowest BCUT2D eigenvalue weighted by molar-refractivity contribution is 0.937. The number of fused-ring (bicyclic) bond motifs is 1. The Hall–Kier alpha value is -2.31. The maximum atomic E-state index is 12.6. The highest BCUT2D eigenvalue weighted by Crippen LogP contribution is 2.19. The molecule has 0 unspecified atom stereocenters. The van der Waals surface area contributed by atoms with Gasteiger partial charge in [0, 0.05) is 10.0 Å². The molecule has 4 aromatic rings. The molecule has 2 heterocycles. The minimum absolute atomic E-state index is 0.129. The van der Waals surface area contributed by atoms with Crippen molar-refractivity contribution in [3.63, 3.8) is 0 Å². The van der Waals surface area contributed by atoms with E-state index in [0.29, 0.717) is 15.3 Å². The third-order valence-electron chi connectivity index (χ3n) is 3.97. The number of benzene rings is 2. The van der Waals surface area contributed by atoms with Gasteiger partial charge in [0.2, 0.25) is 4.96 Å². The lowest BCUT2D eigenvalue weighted by atomic mass is 10.1. The summed E-state index contributed by atoms with van der Waals surface area (Å²) in [7, 11) is 0. The number of thiazole rings is 1. The van der Waals surface area contributed by atoms with Gasteiger partial charge in [0.15, 0.2) is 5.82 Å². The third kappa shape index (κ3) is 3.15. The zero-order valence-electron chi connectivity index (χ0n) is 13.4. The van der Waals surface area contributed by atoms with E-state index in [1.54, 1.807) is 0 Å². The van der Waals surface area contributed by atoms with Crippen LogP contribution >= 0.6 is 27.3 Å². The topological polar surface area (TPSA) is 47.3 Å². The first-order chi connectivity index (χ1) is 12.1. The molecule has 2 aromatic carbocycles. The van der Waals surface area contributed by atoms with Gasteiger partial charge in [-0.2, -0.15) is 9.50 Å². The fourth-order valence-corrected chi connectivity index (χ4v) is 3.73. The fraction of sp³-hybridized carbons (Fsp3) is 0.105. The Labute approximate surface area is 156 Å². The van der Waals surface area contributed by atoms with Crippen molar-refractivity contribution in [2.45, 2.75) is 13.3 Å². The molecule has 4 rings (SSSR count). The highest BCUT2D eigenvalue weighted by molar-refractivity contribution is 9.10. The molecule has 0 aliphatic heterocycles. The quantitative estimate of drug-likeness (QED) is 0.516. The van der Waals surface area contributed by atoms with Crippen molar-refractivity contribution in [3.05, 3.63) is 79.0 Å². The van der Waals surface area contributed by atoms with Crippen LogP contribution in [0.25, 0.3) is 22.4 Å². The van der Waals surface area contributed by atoms with Gasteiger partial charge < -0.3 is 0 Å². The normalized spacial score (nSPS) is 12.2. The van der Waals surface area contributed by atoms with Crippen molar-refractivity contribution in [2.24, 2.45) is 0 Å². The Morgan fingerprint density at radius 2 is 1.84 bits per heavy atom. The van der Waals surface area contributed by atoms with Crippen molar-refractivity contribution in [3.8, 4) is 11.4 Å². The van der Waals surface area contributed by atoms with Crippen molar-refractivity contribution in [1.29, 1.82) is 0 Å². The highest BCUT2D eigenvalue weighted by atomic mass is 79.9. The summed E-state index contributed by atoms with van der Waals surface area (Å²) in [4.78, 5) is 17.7. The van der Waals surface area contributed by atoms with Gasteiger partial charge in [0.05, 0.1) is 4.53 Å². The van der Waals surface area contributed by atoms with Crippen LogP contribution in [0.4, 0.5) is 0 Å². The van der Waals surface area contributed by atoms with E-state index in [1.165, 1.54) is 21.4 Å². The highest BCUT2D eigenvalue weighted by Gasteiger charge is 2.11. The SMILES string of the molecule is CCc1ccc(C=c2sc3nc(-c4ccc(Br)cc4)nn3c2=O)cc1. The molecular weight excluding hydrogens is 398 g/mol. The van der Waals surface area contributed by atoms with Crippen molar-refractivity contribution in [1.82, 2.24) is 14.6 Å². The summed E-state index contributed by atoms with van der Waals surface area (Å²) in [5.74, 6) is 0.565. The second kappa shape index (κ2) is 6.54. The summed E-state index contributed by atoms with van der Waals surface area (Å²) >= 11 is 4.77. The Bertz CT molecular complexity index is 1140. The van der Waals surface area contributed by atoms with E-state index in [9.17, 15) is 4.79 Å². The Morgan fingerprint density at radius 3 is 2.48 bits per heavy atom. The second-order valence-electron chi connectivity index (χ2n) is 5.65. The molecule has 0 radical (unpaired) electrons. The lowest BCUT2D eigenvalue weighted by Crippen LogP contribution is -2.23. The monoisotopic (exact) mass is 411 g/mol. The maximum absolute atomic E-state index is 12.6. The maximum Gasteiger partial charge on any atom is 0.291 e. The summed E-state index contributed by atoms with van der Waals surface area (Å²) in [6.07, 6.45) is 2.89. The molecule has 0 atom stereocenters. The zero-order chi connectivity index (χ0) is 17.4. The number of hydrogen-bond acceptors (Lipinski definition) is 4. The van der Waals surface area contributed by atoms with E-state index >= 15 is 0 Å². The van der Waals surface area contributed by atoms with E-state index < -0.39 is 0 Å². The number of halogens is 1. The van der Waals surface area contributed by atoms with Gasteiger partial charge in [0.25, 0.3) is 5.56 Å². The largest absolute Gasteiger partial charge is 0.291 e. The van der Waals surface area contributed by atoms with Crippen molar-refractivity contribution in [2.75, 3.05) is 0 Å². The summed E-state index contributed by atoms with van der Waals surface area (Å²) < 4.78 is 3.02. The lowest BCUT2D eigenvalue weighted by Gasteiger charge is -1.96. The van der Waals surface area contributed by atoms with Gasteiger partial charge in [0.1, 0.15) is 0 Å². The number of nitrogens with zero attached hydrogens (tertiary/aromatic N) is 3. The number of rotatable bonds is 3. The van der Waals surface area contributed by atoms with Gasteiger partial charge in [-0.15, -0.1) is 5.10 Å². The van der Waals surface area contributed by atoms with Crippen LogP contribution in [-0.4, -0.2) is 14.6 Å². The van der Waals surface area contributed by atoms with Crippen LogP contribution in [0.2, 0.25) is 0 Å². The molecular formula is C19H14BrN3OS. The van der Waals surface area contributed by atoms with Gasteiger partial charge >= 0.3 is 0 Å². The first-order valence-corrected chi connectivity index (χ1v) is 9.51. The van der Waals surface area contributed by atoms with Gasteiger partial charge in [-0.1, -0.05) is 70.6 Å². The average Bonchev–Trinajstić information content (AvgIpc) is 3.16. The molecule has 0 aliphatic carbocycles. The average molecular weight is 412 g/mol. The molecule has 124 valence electrons. The zero-order valence-corrected chi connectivity index (χ0v) is 15.8. The van der Waals surface area contributed by atoms with E-state index in [1.807, 2.05) is 42.5 Å². The summed E-state index contributed by atoms with van der Waals surface area (Å²) in [5.41, 5.74) is 3.04. The summed E-state index contributed by atoms with van der Waals surface area (Å²) in [6, 6.07) is 15.9. The first kappa shape index (κ1) is 16.2.